The second-order valence-corrected chi connectivity index (χ2v) is 13.8. The molecule has 0 saturated carbocycles. The molecular formula is C43H28N4S2. The lowest BCUT2D eigenvalue weighted by Gasteiger charge is -2.19. The van der Waals surface area contributed by atoms with E-state index in [1.807, 2.05) is 24.3 Å². The Balaban J connectivity index is 1.52. The third-order valence-corrected chi connectivity index (χ3v) is 10.6. The van der Waals surface area contributed by atoms with Crippen LogP contribution in [-0.2, 0) is 0 Å². The van der Waals surface area contributed by atoms with E-state index in [0.29, 0.717) is 0 Å². The van der Waals surface area contributed by atoms with Gasteiger partial charge in [0.25, 0.3) is 0 Å². The van der Waals surface area contributed by atoms with Gasteiger partial charge >= 0.3 is 0 Å². The highest BCUT2D eigenvalue weighted by atomic mass is 32.1. The molecule has 0 bridgehead atoms. The Kier molecular flexibility index (Phi) is 7.38. The van der Waals surface area contributed by atoms with Crippen LogP contribution in [0, 0.1) is 6.92 Å². The first kappa shape index (κ1) is 29.3. The van der Waals surface area contributed by atoms with Gasteiger partial charge in [0.2, 0.25) is 0 Å². The normalized spacial score (nSPS) is 11.4. The zero-order valence-electron chi connectivity index (χ0n) is 26.5. The van der Waals surface area contributed by atoms with Gasteiger partial charge in [-0.3, -0.25) is 0 Å². The Morgan fingerprint density at radius 3 is 1.06 bits per heavy atom. The Bertz CT molecular complexity index is 2440. The molecular weight excluding hydrogens is 637 g/mol. The van der Waals surface area contributed by atoms with E-state index in [-0.39, 0.29) is 0 Å². The minimum atomic E-state index is 0.815. The molecule has 5 aromatic carbocycles. The van der Waals surface area contributed by atoms with Gasteiger partial charge in [-0.05, 0) is 35.4 Å². The molecule has 0 aliphatic carbocycles. The molecule has 4 aromatic heterocycles. The van der Waals surface area contributed by atoms with Gasteiger partial charge in [-0.2, -0.15) is 0 Å². The maximum Gasteiger partial charge on any atom is 0.101 e. The van der Waals surface area contributed by atoms with Gasteiger partial charge in [0, 0.05) is 43.1 Å². The number of rotatable bonds is 6. The van der Waals surface area contributed by atoms with E-state index in [2.05, 4.69) is 133 Å². The predicted molar refractivity (Wildman–Crippen MR) is 206 cm³/mol. The Labute approximate surface area is 292 Å². The average molecular weight is 665 g/mol. The maximum atomic E-state index is 5.59. The van der Waals surface area contributed by atoms with Crippen molar-refractivity contribution in [2.45, 2.75) is 6.92 Å². The number of nitrogens with zero attached hydrogens (tertiary/aromatic N) is 4. The molecule has 0 spiro atoms. The van der Waals surface area contributed by atoms with Gasteiger partial charge in [-0.25, -0.2) is 19.9 Å². The van der Waals surface area contributed by atoms with Gasteiger partial charge in [0.05, 0.1) is 22.8 Å². The maximum absolute atomic E-state index is 5.59. The minimum Gasteiger partial charge on any atom is -0.243 e. The summed E-state index contributed by atoms with van der Waals surface area (Å²) in [5.41, 5.74) is 13.7. The summed E-state index contributed by atoms with van der Waals surface area (Å²) in [6.07, 6.45) is 0. The van der Waals surface area contributed by atoms with Crippen LogP contribution in [0.4, 0.5) is 0 Å². The van der Waals surface area contributed by atoms with Crippen molar-refractivity contribution in [3.05, 3.63) is 156 Å². The summed E-state index contributed by atoms with van der Waals surface area (Å²) in [6, 6.07) is 47.9. The molecule has 0 atom stereocenters. The fraction of sp³-hybridized carbons (Fsp3) is 0.0233. The average Bonchev–Trinajstić information content (AvgIpc) is 3.86. The smallest absolute Gasteiger partial charge is 0.101 e. The third-order valence-electron chi connectivity index (χ3n) is 8.67. The van der Waals surface area contributed by atoms with Gasteiger partial charge in [-0.1, -0.05) is 127 Å². The Hall–Kier alpha value is -5.82. The van der Waals surface area contributed by atoms with Gasteiger partial charge in [0.15, 0.2) is 0 Å². The molecule has 0 N–H and O–H groups in total. The summed E-state index contributed by atoms with van der Waals surface area (Å²) in [5.74, 6) is 0. The van der Waals surface area contributed by atoms with E-state index in [4.69, 9.17) is 19.9 Å². The lowest BCUT2D eigenvalue weighted by Crippen LogP contribution is -2.03. The number of aryl methyl sites for hydroxylation is 1. The van der Waals surface area contributed by atoms with Crippen molar-refractivity contribution in [3.8, 4) is 65.9 Å². The molecule has 49 heavy (non-hydrogen) atoms. The predicted octanol–water partition coefficient (Wildman–Crippen LogP) is 12.0. The molecule has 4 nitrogen and oxygen atoms in total. The highest BCUT2D eigenvalue weighted by Gasteiger charge is 2.27. The van der Waals surface area contributed by atoms with Crippen LogP contribution < -0.4 is 0 Å². The number of fused-ring (bicyclic) bond motifs is 2. The number of thiophene rings is 2. The first-order chi connectivity index (χ1) is 24.2. The Morgan fingerprint density at radius 2 is 0.755 bits per heavy atom. The minimum absolute atomic E-state index is 0.815. The molecule has 0 radical (unpaired) electrons. The summed E-state index contributed by atoms with van der Waals surface area (Å²) >= 11 is 3.39. The second kappa shape index (κ2) is 12.3. The SMILES string of the molecule is Cc1csc(-c2c3nc(-c4ccccc4)c(-c4ccccc4)nc3c(-c3cccs3)c3nc(-c4ccccc4)c(-c4ccccc4)nc23)c1. The summed E-state index contributed by atoms with van der Waals surface area (Å²) < 4.78 is 0. The van der Waals surface area contributed by atoms with Crippen LogP contribution in [0.2, 0.25) is 0 Å². The topological polar surface area (TPSA) is 51.6 Å². The summed E-state index contributed by atoms with van der Waals surface area (Å²) in [5, 5.41) is 4.30. The van der Waals surface area contributed by atoms with E-state index in [1.54, 1.807) is 22.7 Å². The van der Waals surface area contributed by atoms with E-state index < -0.39 is 0 Å². The lowest BCUT2D eigenvalue weighted by molar-refractivity contribution is 1.27. The van der Waals surface area contributed by atoms with E-state index in [0.717, 1.165) is 88.0 Å². The Morgan fingerprint density at radius 1 is 0.388 bits per heavy atom. The van der Waals surface area contributed by atoms with E-state index >= 15 is 0 Å². The zero-order valence-corrected chi connectivity index (χ0v) is 28.2. The van der Waals surface area contributed by atoms with Crippen molar-refractivity contribution in [2.24, 2.45) is 0 Å². The monoisotopic (exact) mass is 664 g/mol. The summed E-state index contributed by atoms with van der Waals surface area (Å²) in [7, 11) is 0. The number of aromatic nitrogens is 4. The molecule has 9 aromatic rings. The van der Waals surface area contributed by atoms with Crippen LogP contribution in [0.25, 0.3) is 88.0 Å². The van der Waals surface area contributed by atoms with Crippen LogP contribution in [0.5, 0.6) is 0 Å². The highest BCUT2D eigenvalue weighted by Crippen LogP contribution is 2.47. The molecule has 0 aliphatic heterocycles. The highest BCUT2D eigenvalue weighted by molar-refractivity contribution is 7.14. The van der Waals surface area contributed by atoms with E-state index in [1.165, 1.54) is 5.56 Å². The number of benzene rings is 5. The van der Waals surface area contributed by atoms with Crippen molar-refractivity contribution in [1.29, 1.82) is 0 Å². The van der Waals surface area contributed by atoms with Crippen molar-refractivity contribution in [3.63, 3.8) is 0 Å². The van der Waals surface area contributed by atoms with Crippen molar-refractivity contribution in [1.82, 2.24) is 19.9 Å². The number of hydrogen-bond donors (Lipinski definition) is 0. The molecule has 0 fully saturated rings. The lowest BCUT2D eigenvalue weighted by atomic mass is 9.97. The van der Waals surface area contributed by atoms with Crippen LogP contribution >= 0.6 is 22.7 Å². The van der Waals surface area contributed by atoms with Gasteiger partial charge in [0.1, 0.15) is 22.1 Å². The fourth-order valence-corrected chi connectivity index (χ4v) is 8.15. The molecule has 0 saturated heterocycles. The molecule has 232 valence electrons. The van der Waals surface area contributed by atoms with Crippen LogP contribution in [-0.4, -0.2) is 19.9 Å². The van der Waals surface area contributed by atoms with Crippen LogP contribution in [0.1, 0.15) is 5.56 Å². The first-order valence-electron chi connectivity index (χ1n) is 16.1. The largest absolute Gasteiger partial charge is 0.243 e. The molecule has 0 amide bonds. The van der Waals surface area contributed by atoms with Crippen molar-refractivity contribution >= 4 is 44.7 Å². The quantitative estimate of drug-likeness (QED) is 0.166. The fourth-order valence-electron chi connectivity index (χ4n) is 6.43. The molecule has 0 unspecified atom stereocenters. The molecule has 4 heterocycles. The van der Waals surface area contributed by atoms with Crippen LogP contribution in [0.15, 0.2) is 150 Å². The van der Waals surface area contributed by atoms with Crippen molar-refractivity contribution < 1.29 is 0 Å². The summed E-state index contributed by atoms with van der Waals surface area (Å²) in [6.45, 7) is 2.13. The van der Waals surface area contributed by atoms with Crippen molar-refractivity contribution in [2.75, 3.05) is 0 Å². The second-order valence-electron chi connectivity index (χ2n) is 11.9. The number of hydrogen-bond acceptors (Lipinski definition) is 6. The zero-order chi connectivity index (χ0) is 32.7. The molecule has 9 rings (SSSR count). The van der Waals surface area contributed by atoms with Crippen LogP contribution in [0.3, 0.4) is 0 Å². The van der Waals surface area contributed by atoms with Gasteiger partial charge < -0.3 is 0 Å². The molecule has 6 heteroatoms. The van der Waals surface area contributed by atoms with Gasteiger partial charge in [-0.15, -0.1) is 22.7 Å². The van der Waals surface area contributed by atoms with E-state index in [9.17, 15) is 0 Å². The third kappa shape index (κ3) is 5.22. The standard InChI is InChI=1S/C43H28N4S2/c1-27-25-33(49-26-27)35-42-40(44-36(28-15-6-2-7-16-28)38(46-42)30-19-10-4-11-20-30)34(32-23-14-24-48-32)41-43(35)47-39(31-21-12-5-13-22-31)37(45-41)29-17-8-3-9-18-29/h2-26H,1H3. The summed E-state index contributed by atoms with van der Waals surface area (Å²) in [4.78, 5) is 24.5. The molecule has 0 aliphatic rings. The first-order valence-corrected chi connectivity index (χ1v) is 17.9.